The molecule has 0 saturated heterocycles. The first-order valence-corrected chi connectivity index (χ1v) is 9.90. The van der Waals surface area contributed by atoms with Crippen molar-refractivity contribution in [2.24, 2.45) is 5.92 Å². The molecule has 148 valence electrons. The minimum atomic E-state index is -0.723. The normalized spacial score (nSPS) is 19.8. The second-order valence-electron chi connectivity index (χ2n) is 7.50. The maximum Gasteiger partial charge on any atom is 0.306 e. The van der Waals surface area contributed by atoms with E-state index in [0.717, 1.165) is 35.3 Å². The van der Waals surface area contributed by atoms with Crippen molar-refractivity contribution in [1.82, 2.24) is 24.6 Å². The van der Waals surface area contributed by atoms with Gasteiger partial charge in [-0.05, 0) is 37.8 Å². The molecule has 1 aromatic carbocycles. The molecule has 1 aliphatic rings. The van der Waals surface area contributed by atoms with Crippen LogP contribution in [0.4, 0.5) is 5.82 Å². The number of carboxylic acids is 1. The average Bonchev–Trinajstić information content (AvgIpc) is 3.31. The van der Waals surface area contributed by atoms with Gasteiger partial charge in [0.1, 0.15) is 23.4 Å². The number of aromatic amines is 1. The Labute approximate surface area is 170 Å². The number of aliphatic carboxylic acids is 1. The van der Waals surface area contributed by atoms with E-state index < -0.39 is 5.97 Å². The number of halogens is 1. The Morgan fingerprint density at radius 3 is 2.79 bits per heavy atom. The van der Waals surface area contributed by atoms with Crippen LogP contribution in [-0.2, 0) is 4.79 Å². The highest BCUT2D eigenvalue weighted by molar-refractivity contribution is 6.35. The predicted octanol–water partition coefficient (Wildman–Crippen LogP) is 3.87. The highest BCUT2D eigenvalue weighted by atomic mass is 35.5. The minimum absolute atomic E-state index is 0.120. The van der Waals surface area contributed by atoms with E-state index >= 15 is 0 Å². The highest BCUT2D eigenvalue weighted by Crippen LogP contribution is 2.38. The molecule has 1 fully saturated rings. The molecular formula is C20H19ClN6O2. The number of nitrogens with one attached hydrogen (secondary N) is 1. The Morgan fingerprint density at radius 1 is 1.28 bits per heavy atom. The Morgan fingerprint density at radius 2 is 2.07 bits per heavy atom. The molecule has 0 unspecified atom stereocenters. The third-order valence-corrected chi connectivity index (χ3v) is 6.10. The largest absolute Gasteiger partial charge is 0.481 e. The maximum absolute atomic E-state index is 11.3. The average molecular weight is 411 g/mol. The summed E-state index contributed by atoms with van der Waals surface area (Å²) < 4.78 is 1.75. The van der Waals surface area contributed by atoms with Crippen LogP contribution in [0.5, 0.6) is 0 Å². The number of nitrogen functional groups attached to an aromatic ring is 1. The van der Waals surface area contributed by atoms with Crippen molar-refractivity contribution in [3.05, 3.63) is 41.4 Å². The van der Waals surface area contributed by atoms with Crippen molar-refractivity contribution >= 4 is 39.8 Å². The summed E-state index contributed by atoms with van der Waals surface area (Å²) in [7, 11) is 0. The predicted molar refractivity (Wildman–Crippen MR) is 110 cm³/mol. The standard InChI is InChI=1S/C20H19ClN6O2/c21-13-3-1-2-12-8-14(25-15(12)13)16-17-18(22)23-9-24-27(17)19(26-16)10-4-6-11(7-5-10)20(28)29/h1-3,8-11,25H,4-7H2,(H,28,29)(H2,22,23,24). The first kappa shape index (κ1) is 17.9. The van der Waals surface area contributed by atoms with Gasteiger partial charge in [0.25, 0.3) is 0 Å². The molecule has 0 amide bonds. The number of anilines is 1. The second-order valence-corrected chi connectivity index (χ2v) is 7.91. The van der Waals surface area contributed by atoms with Crippen molar-refractivity contribution in [1.29, 1.82) is 0 Å². The number of hydrogen-bond donors (Lipinski definition) is 3. The number of nitrogens with two attached hydrogens (primary N) is 1. The van der Waals surface area contributed by atoms with Crippen LogP contribution in [0, 0.1) is 5.92 Å². The Kier molecular flexibility index (Phi) is 4.16. The first-order chi connectivity index (χ1) is 14.0. The van der Waals surface area contributed by atoms with Gasteiger partial charge in [0.2, 0.25) is 0 Å². The molecule has 5 rings (SSSR count). The van der Waals surface area contributed by atoms with Crippen molar-refractivity contribution in [2.45, 2.75) is 31.6 Å². The van der Waals surface area contributed by atoms with Crippen LogP contribution in [0.15, 0.2) is 30.6 Å². The summed E-state index contributed by atoms with van der Waals surface area (Å²) in [5, 5.41) is 15.3. The van der Waals surface area contributed by atoms with Crippen LogP contribution in [0.25, 0.3) is 27.8 Å². The van der Waals surface area contributed by atoms with E-state index in [9.17, 15) is 9.90 Å². The summed E-state index contributed by atoms with van der Waals surface area (Å²) in [6, 6.07) is 7.70. The lowest BCUT2D eigenvalue weighted by Gasteiger charge is -2.24. The van der Waals surface area contributed by atoms with Crippen LogP contribution in [-0.4, -0.2) is 35.6 Å². The summed E-state index contributed by atoms with van der Waals surface area (Å²) in [6.07, 6.45) is 4.18. The molecule has 1 aliphatic carbocycles. The number of imidazole rings is 1. The van der Waals surface area contributed by atoms with Crippen molar-refractivity contribution in [2.75, 3.05) is 5.73 Å². The Balaban J connectivity index is 1.63. The number of H-pyrrole nitrogens is 1. The molecule has 8 nitrogen and oxygen atoms in total. The van der Waals surface area contributed by atoms with Gasteiger partial charge in [-0.1, -0.05) is 23.7 Å². The van der Waals surface area contributed by atoms with E-state index in [2.05, 4.69) is 15.1 Å². The van der Waals surface area contributed by atoms with Gasteiger partial charge in [0.05, 0.1) is 22.2 Å². The van der Waals surface area contributed by atoms with E-state index in [-0.39, 0.29) is 11.8 Å². The zero-order valence-corrected chi connectivity index (χ0v) is 16.2. The second kappa shape index (κ2) is 6.73. The fourth-order valence-electron chi connectivity index (χ4n) is 4.27. The number of aromatic nitrogens is 5. The van der Waals surface area contributed by atoms with E-state index in [0.29, 0.717) is 34.9 Å². The molecule has 0 bridgehead atoms. The van der Waals surface area contributed by atoms with Gasteiger partial charge in [-0.2, -0.15) is 5.10 Å². The Hall–Kier alpha value is -3.13. The number of rotatable bonds is 3. The zero-order chi connectivity index (χ0) is 20.1. The SMILES string of the molecule is Nc1ncnn2c(C3CCC(C(=O)O)CC3)nc(-c3cc4cccc(Cl)c4[nH]3)c12. The lowest BCUT2D eigenvalue weighted by Crippen LogP contribution is -2.21. The Bertz CT molecular complexity index is 1240. The van der Waals surface area contributed by atoms with Gasteiger partial charge >= 0.3 is 5.97 Å². The summed E-state index contributed by atoms with van der Waals surface area (Å²) >= 11 is 6.32. The van der Waals surface area contributed by atoms with Gasteiger partial charge in [-0.25, -0.2) is 14.5 Å². The molecule has 9 heteroatoms. The van der Waals surface area contributed by atoms with Crippen LogP contribution in [0.2, 0.25) is 5.02 Å². The van der Waals surface area contributed by atoms with E-state index in [4.69, 9.17) is 22.3 Å². The smallest absolute Gasteiger partial charge is 0.306 e. The topological polar surface area (TPSA) is 122 Å². The van der Waals surface area contributed by atoms with Gasteiger partial charge in [-0.15, -0.1) is 0 Å². The monoisotopic (exact) mass is 410 g/mol. The van der Waals surface area contributed by atoms with Gasteiger partial charge in [0.15, 0.2) is 5.82 Å². The van der Waals surface area contributed by atoms with E-state index in [1.807, 2.05) is 24.3 Å². The van der Waals surface area contributed by atoms with Crippen molar-refractivity contribution in [3.63, 3.8) is 0 Å². The molecule has 0 spiro atoms. The highest BCUT2D eigenvalue weighted by Gasteiger charge is 2.31. The molecule has 0 aliphatic heterocycles. The number of para-hydroxylation sites is 1. The lowest BCUT2D eigenvalue weighted by molar-refractivity contribution is -0.142. The summed E-state index contributed by atoms with van der Waals surface area (Å²) in [6.45, 7) is 0. The summed E-state index contributed by atoms with van der Waals surface area (Å²) in [5.41, 5.74) is 9.14. The van der Waals surface area contributed by atoms with Gasteiger partial charge in [0, 0.05) is 11.3 Å². The number of carbonyl (C=O) groups is 1. The third kappa shape index (κ3) is 2.91. The molecule has 3 aromatic heterocycles. The number of hydrogen-bond acceptors (Lipinski definition) is 5. The first-order valence-electron chi connectivity index (χ1n) is 9.52. The molecule has 29 heavy (non-hydrogen) atoms. The fraction of sp³-hybridized carbons (Fsp3) is 0.300. The number of fused-ring (bicyclic) bond motifs is 2. The summed E-state index contributed by atoms with van der Waals surface area (Å²) in [5.74, 6) is 0.246. The molecule has 4 N–H and O–H groups in total. The fourth-order valence-corrected chi connectivity index (χ4v) is 4.50. The van der Waals surface area contributed by atoms with Crippen LogP contribution >= 0.6 is 11.6 Å². The maximum atomic E-state index is 11.3. The zero-order valence-electron chi connectivity index (χ0n) is 15.5. The molecule has 0 atom stereocenters. The van der Waals surface area contributed by atoms with Crippen LogP contribution in [0.3, 0.4) is 0 Å². The number of carboxylic acid groups (broad SMARTS) is 1. The van der Waals surface area contributed by atoms with E-state index in [1.165, 1.54) is 6.33 Å². The van der Waals surface area contributed by atoms with Gasteiger partial charge in [-0.3, -0.25) is 4.79 Å². The molecule has 3 heterocycles. The molecule has 4 aromatic rings. The lowest BCUT2D eigenvalue weighted by atomic mass is 9.82. The van der Waals surface area contributed by atoms with Crippen LogP contribution < -0.4 is 5.73 Å². The molecule has 1 saturated carbocycles. The van der Waals surface area contributed by atoms with Crippen LogP contribution in [0.1, 0.15) is 37.4 Å². The molecular weight excluding hydrogens is 392 g/mol. The van der Waals surface area contributed by atoms with Crippen molar-refractivity contribution in [3.8, 4) is 11.4 Å². The quantitative estimate of drug-likeness (QED) is 0.471. The number of benzene rings is 1. The van der Waals surface area contributed by atoms with E-state index in [1.54, 1.807) is 4.52 Å². The molecule has 0 radical (unpaired) electrons. The van der Waals surface area contributed by atoms with Gasteiger partial charge < -0.3 is 15.8 Å². The summed E-state index contributed by atoms with van der Waals surface area (Å²) in [4.78, 5) is 23.7. The third-order valence-electron chi connectivity index (χ3n) is 5.79. The minimum Gasteiger partial charge on any atom is -0.481 e. The number of nitrogens with zero attached hydrogens (tertiary/aromatic N) is 4. The van der Waals surface area contributed by atoms with Crippen molar-refractivity contribution < 1.29 is 9.90 Å².